The van der Waals surface area contributed by atoms with Gasteiger partial charge in [-0.25, -0.2) is 4.79 Å². The van der Waals surface area contributed by atoms with Gasteiger partial charge < -0.3 is 10.4 Å². The Morgan fingerprint density at radius 1 is 1.26 bits per heavy atom. The number of amides is 1. The van der Waals surface area contributed by atoms with Crippen LogP contribution in [0.25, 0.3) is 0 Å². The van der Waals surface area contributed by atoms with Gasteiger partial charge in [0.05, 0.1) is 21.3 Å². The molecule has 0 saturated carbocycles. The molecule has 1 amide bonds. The summed E-state index contributed by atoms with van der Waals surface area (Å²) in [7, 11) is 0. The van der Waals surface area contributed by atoms with Crippen LogP contribution in [0.4, 0.5) is 5.69 Å². The van der Waals surface area contributed by atoms with Gasteiger partial charge in [-0.1, -0.05) is 23.2 Å². The average molecular weight is 300 g/mol. The molecule has 0 saturated heterocycles. The quantitative estimate of drug-likeness (QED) is 0.812. The standard InChI is InChI=1S/C11H7Cl2N3O3/c12-6-3-5(11(18)19)4-7(13)9(6)15-10(17)8-1-2-14-16-8/h1-4H,(H,14,16)(H,15,17)(H,18,19). The number of aromatic nitrogens is 2. The SMILES string of the molecule is O=C(O)c1cc(Cl)c(NC(=O)c2ccn[nH]2)c(Cl)c1. The Morgan fingerprint density at radius 3 is 2.37 bits per heavy atom. The molecule has 98 valence electrons. The van der Waals surface area contributed by atoms with Crippen molar-refractivity contribution in [3.8, 4) is 0 Å². The molecule has 1 aromatic carbocycles. The molecule has 0 aliphatic rings. The highest BCUT2D eigenvalue weighted by Crippen LogP contribution is 2.32. The lowest BCUT2D eigenvalue weighted by Crippen LogP contribution is -2.13. The molecule has 0 fully saturated rings. The van der Waals surface area contributed by atoms with E-state index in [1.165, 1.54) is 24.4 Å². The summed E-state index contributed by atoms with van der Waals surface area (Å²) in [6.07, 6.45) is 1.42. The van der Waals surface area contributed by atoms with E-state index in [0.29, 0.717) is 0 Å². The number of aromatic amines is 1. The Hall–Kier alpha value is -2.05. The third-order valence-corrected chi connectivity index (χ3v) is 2.87. The summed E-state index contributed by atoms with van der Waals surface area (Å²) < 4.78 is 0. The number of carbonyl (C=O) groups excluding carboxylic acids is 1. The number of nitrogens with zero attached hydrogens (tertiary/aromatic N) is 1. The number of hydrogen-bond acceptors (Lipinski definition) is 3. The van der Waals surface area contributed by atoms with Gasteiger partial charge in [0.25, 0.3) is 5.91 Å². The normalized spacial score (nSPS) is 10.2. The molecule has 1 heterocycles. The molecule has 2 rings (SSSR count). The minimum Gasteiger partial charge on any atom is -0.478 e. The van der Waals surface area contributed by atoms with Crippen molar-refractivity contribution < 1.29 is 14.7 Å². The van der Waals surface area contributed by atoms with E-state index in [-0.39, 0.29) is 27.0 Å². The van der Waals surface area contributed by atoms with E-state index in [0.717, 1.165) is 0 Å². The number of carboxylic acid groups (broad SMARTS) is 1. The van der Waals surface area contributed by atoms with E-state index in [1.807, 2.05) is 0 Å². The first-order chi connectivity index (χ1) is 8.99. The molecule has 8 heteroatoms. The topological polar surface area (TPSA) is 95.1 Å². The highest BCUT2D eigenvalue weighted by molar-refractivity contribution is 6.40. The number of benzene rings is 1. The first-order valence-electron chi connectivity index (χ1n) is 5.02. The second-order valence-corrected chi connectivity index (χ2v) is 4.36. The Kier molecular flexibility index (Phi) is 3.73. The highest BCUT2D eigenvalue weighted by Gasteiger charge is 2.15. The number of H-pyrrole nitrogens is 1. The summed E-state index contributed by atoms with van der Waals surface area (Å²) in [5.41, 5.74) is 0.317. The summed E-state index contributed by atoms with van der Waals surface area (Å²) in [4.78, 5) is 22.6. The summed E-state index contributed by atoms with van der Waals surface area (Å²) >= 11 is 11.8. The molecule has 0 atom stereocenters. The van der Waals surface area contributed by atoms with Crippen LogP contribution in [0.1, 0.15) is 20.8 Å². The van der Waals surface area contributed by atoms with E-state index in [9.17, 15) is 9.59 Å². The van der Waals surface area contributed by atoms with Gasteiger partial charge in [-0.3, -0.25) is 9.89 Å². The number of carboxylic acids is 1. The Labute approximate surface area is 117 Å². The number of halogens is 2. The van der Waals surface area contributed by atoms with Crippen molar-refractivity contribution in [3.63, 3.8) is 0 Å². The number of hydrogen-bond donors (Lipinski definition) is 3. The third kappa shape index (κ3) is 2.86. The second-order valence-electron chi connectivity index (χ2n) is 3.54. The lowest BCUT2D eigenvalue weighted by atomic mass is 10.2. The zero-order chi connectivity index (χ0) is 14.0. The fourth-order valence-corrected chi connectivity index (χ4v) is 1.96. The molecule has 0 aliphatic heterocycles. The van der Waals surface area contributed by atoms with Crippen molar-refractivity contribution in [2.75, 3.05) is 5.32 Å². The van der Waals surface area contributed by atoms with Gasteiger partial charge in [0.15, 0.2) is 0 Å². The largest absolute Gasteiger partial charge is 0.478 e. The van der Waals surface area contributed by atoms with Gasteiger partial charge in [0.1, 0.15) is 5.69 Å². The predicted molar refractivity (Wildman–Crippen MR) is 70.0 cm³/mol. The zero-order valence-electron chi connectivity index (χ0n) is 9.28. The van der Waals surface area contributed by atoms with Gasteiger partial charge >= 0.3 is 5.97 Å². The number of anilines is 1. The molecular weight excluding hydrogens is 293 g/mol. The van der Waals surface area contributed by atoms with Crippen LogP contribution in [-0.2, 0) is 0 Å². The molecule has 0 spiro atoms. The van der Waals surface area contributed by atoms with Crippen LogP contribution in [-0.4, -0.2) is 27.2 Å². The van der Waals surface area contributed by atoms with Crippen molar-refractivity contribution in [1.29, 1.82) is 0 Å². The molecule has 0 bridgehead atoms. The van der Waals surface area contributed by atoms with E-state index in [4.69, 9.17) is 28.3 Å². The molecule has 1 aromatic heterocycles. The zero-order valence-corrected chi connectivity index (χ0v) is 10.8. The molecule has 2 aromatic rings. The highest BCUT2D eigenvalue weighted by atomic mass is 35.5. The average Bonchev–Trinajstić information content (AvgIpc) is 2.86. The van der Waals surface area contributed by atoms with Crippen molar-refractivity contribution in [2.24, 2.45) is 0 Å². The monoisotopic (exact) mass is 299 g/mol. The minimum absolute atomic E-state index is 0.0396. The van der Waals surface area contributed by atoms with Gasteiger partial charge in [-0.15, -0.1) is 0 Å². The molecule has 19 heavy (non-hydrogen) atoms. The summed E-state index contributed by atoms with van der Waals surface area (Å²) in [5.74, 6) is -1.64. The Morgan fingerprint density at radius 2 is 1.89 bits per heavy atom. The minimum atomic E-state index is -1.16. The van der Waals surface area contributed by atoms with Crippen molar-refractivity contribution in [3.05, 3.63) is 45.7 Å². The predicted octanol–water partition coefficient (Wildman–Crippen LogP) is 2.67. The molecular formula is C11H7Cl2N3O3. The van der Waals surface area contributed by atoms with Crippen molar-refractivity contribution in [2.45, 2.75) is 0 Å². The number of rotatable bonds is 3. The van der Waals surface area contributed by atoms with E-state index in [1.54, 1.807) is 0 Å². The molecule has 0 unspecified atom stereocenters. The number of carbonyl (C=O) groups is 2. The van der Waals surface area contributed by atoms with Gasteiger partial charge in [0, 0.05) is 6.20 Å². The van der Waals surface area contributed by atoms with Crippen LogP contribution < -0.4 is 5.32 Å². The maximum Gasteiger partial charge on any atom is 0.335 e. The van der Waals surface area contributed by atoms with Crippen LogP contribution in [0.15, 0.2) is 24.4 Å². The van der Waals surface area contributed by atoms with E-state index in [2.05, 4.69) is 15.5 Å². The fraction of sp³-hybridized carbons (Fsp3) is 0. The molecule has 0 radical (unpaired) electrons. The fourth-order valence-electron chi connectivity index (χ4n) is 1.38. The summed E-state index contributed by atoms with van der Waals surface area (Å²) in [5, 5.41) is 17.5. The maximum atomic E-state index is 11.8. The van der Waals surface area contributed by atoms with Gasteiger partial charge in [0.2, 0.25) is 0 Å². The first-order valence-corrected chi connectivity index (χ1v) is 5.77. The van der Waals surface area contributed by atoms with E-state index >= 15 is 0 Å². The van der Waals surface area contributed by atoms with Crippen molar-refractivity contribution in [1.82, 2.24) is 10.2 Å². The summed E-state index contributed by atoms with van der Waals surface area (Å²) in [6.45, 7) is 0. The Balaban J connectivity index is 2.31. The maximum absolute atomic E-state index is 11.8. The van der Waals surface area contributed by atoms with E-state index < -0.39 is 11.9 Å². The first kappa shape index (κ1) is 13.4. The van der Waals surface area contributed by atoms with Gasteiger partial charge in [-0.2, -0.15) is 5.10 Å². The lowest BCUT2D eigenvalue weighted by molar-refractivity contribution is 0.0696. The lowest BCUT2D eigenvalue weighted by Gasteiger charge is -2.09. The number of aromatic carboxylic acids is 1. The van der Waals surface area contributed by atoms with Crippen molar-refractivity contribution >= 4 is 40.8 Å². The smallest absolute Gasteiger partial charge is 0.335 e. The van der Waals surface area contributed by atoms with Gasteiger partial charge in [-0.05, 0) is 18.2 Å². The van der Waals surface area contributed by atoms with Crippen LogP contribution in [0, 0.1) is 0 Å². The molecule has 0 aliphatic carbocycles. The molecule has 6 nitrogen and oxygen atoms in total. The summed E-state index contributed by atoms with van der Waals surface area (Å²) in [6, 6.07) is 3.89. The third-order valence-electron chi connectivity index (χ3n) is 2.27. The van der Waals surface area contributed by atoms with Crippen LogP contribution in [0.2, 0.25) is 10.0 Å². The van der Waals surface area contributed by atoms with Crippen LogP contribution in [0.5, 0.6) is 0 Å². The van der Waals surface area contributed by atoms with Crippen LogP contribution in [0.3, 0.4) is 0 Å². The molecule has 3 N–H and O–H groups in total. The van der Waals surface area contributed by atoms with Crippen LogP contribution >= 0.6 is 23.2 Å². The second kappa shape index (κ2) is 5.29. The number of nitrogens with one attached hydrogen (secondary N) is 2. The Bertz CT molecular complexity index is 618.